The second-order valence-electron chi connectivity index (χ2n) is 8.71. The SMILES string of the molecule is CC[C@H]1Oc2cc(S(=O)(=O)N3CCC[C@H](C(=O)N4CCCCC4)C3)c(C)cc2NC1=O. The third-order valence-corrected chi connectivity index (χ3v) is 8.49. The number of carbonyl (C=O) groups is 2. The number of hydrogen-bond acceptors (Lipinski definition) is 5. The smallest absolute Gasteiger partial charge is 0.265 e. The van der Waals surface area contributed by atoms with Crippen molar-refractivity contribution in [1.29, 1.82) is 0 Å². The van der Waals surface area contributed by atoms with E-state index in [1.165, 1.54) is 10.4 Å². The van der Waals surface area contributed by atoms with E-state index in [9.17, 15) is 18.0 Å². The Morgan fingerprint density at radius 3 is 2.61 bits per heavy atom. The Bertz CT molecular complexity index is 972. The average Bonchev–Trinajstić information content (AvgIpc) is 2.78. The molecule has 1 N–H and O–H groups in total. The van der Waals surface area contributed by atoms with Crippen LogP contribution in [0.15, 0.2) is 17.0 Å². The number of sulfonamides is 1. The van der Waals surface area contributed by atoms with E-state index in [0.29, 0.717) is 36.4 Å². The average molecular weight is 450 g/mol. The highest BCUT2D eigenvalue weighted by Gasteiger charge is 2.37. The van der Waals surface area contributed by atoms with Gasteiger partial charge in [0.15, 0.2) is 6.10 Å². The standard InChI is InChI=1S/C22H31N3O5S/c1-3-18-21(26)23-17-12-15(2)20(13-19(17)30-18)31(28,29)25-11-7-8-16(14-25)22(27)24-9-5-4-6-10-24/h12-13,16,18H,3-11,14H2,1-2H3,(H,23,26)/t16-,18+/m0/s1. The van der Waals surface area contributed by atoms with Crippen molar-refractivity contribution in [3.05, 3.63) is 17.7 Å². The van der Waals surface area contributed by atoms with Crippen LogP contribution in [0, 0.1) is 12.8 Å². The molecule has 0 spiro atoms. The number of piperidine rings is 2. The van der Waals surface area contributed by atoms with Gasteiger partial charge >= 0.3 is 0 Å². The fraction of sp³-hybridized carbons (Fsp3) is 0.636. The highest BCUT2D eigenvalue weighted by molar-refractivity contribution is 7.89. The van der Waals surface area contributed by atoms with E-state index in [-0.39, 0.29) is 29.2 Å². The number of nitrogens with one attached hydrogen (secondary N) is 1. The molecular formula is C22H31N3O5S. The highest BCUT2D eigenvalue weighted by atomic mass is 32.2. The van der Waals surface area contributed by atoms with Crippen molar-refractivity contribution in [3.8, 4) is 5.75 Å². The van der Waals surface area contributed by atoms with E-state index >= 15 is 0 Å². The maximum absolute atomic E-state index is 13.5. The maximum atomic E-state index is 13.5. The monoisotopic (exact) mass is 449 g/mol. The molecule has 0 radical (unpaired) electrons. The van der Waals surface area contributed by atoms with Crippen molar-refractivity contribution >= 4 is 27.5 Å². The van der Waals surface area contributed by atoms with Gasteiger partial charge in [-0.05, 0) is 57.1 Å². The maximum Gasteiger partial charge on any atom is 0.265 e. The van der Waals surface area contributed by atoms with Gasteiger partial charge in [-0.2, -0.15) is 4.31 Å². The molecule has 4 rings (SSSR count). The first-order valence-corrected chi connectivity index (χ1v) is 12.7. The predicted octanol–water partition coefficient (Wildman–Crippen LogP) is 2.52. The van der Waals surface area contributed by atoms with Crippen LogP contribution in [0.4, 0.5) is 5.69 Å². The van der Waals surface area contributed by atoms with E-state index in [1.807, 2.05) is 11.8 Å². The zero-order valence-electron chi connectivity index (χ0n) is 18.2. The van der Waals surface area contributed by atoms with Gasteiger partial charge in [-0.15, -0.1) is 0 Å². The number of benzene rings is 1. The molecule has 31 heavy (non-hydrogen) atoms. The number of fused-ring (bicyclic) bond motifs is 1. The van der Waals surface area contributed by atoms with Gasteiger partial charge in [-0.25, -0.2) is 8.42 Å². The third kappa shape index (κ3) is 4.30. The van der Waals surface area contributed by atoms with Crippen molar-refractivity contribution in [2.75, 3.05) is 31.5 Å². The van der Waals surface area contributed by atoms with Gasteiger partial charge in [0, 0.05) is 32.2 Å². The molecule has 3 aliphatic heterocycles. The lowest BCUT2D eigenvalue weighted by Crippen LogP contribution is -2.48. The van der Waals surface area contributed by atoms with Gasteiger partial charge in [0.25, 0.3) is 5.91 Å². The van der Waals surface area contributed by atoms with Gasteiger partial charge in [0.1, 0.15) is 5.75 Å². The molecule has 2 fully saturated rings. The molecular weight excluding hydrogens is 418 g/mol. The molecule has 1 aromatic carbocycles. The zero-order chi connectivity index (χ0) is 22.2. The first-order chi connectivity index (χ1) is 14.8. The Kier molecular flexibility index (Phi) is 6.25. The Balaban J connectivity index is 1.56. The number of aryl methyl sites for hydroxylation is 1. The molecule has 3 heterocycles. The molecule has 2 saturated heterocycles. The van der Waals surface area contributed by atoms with Crippen LogP contribution in [-0.2, 0) is 19.6 Å². The number of hydrogen-bond donors (Lipinski definition) is 1. The van der Waals surface area contributed by atoms with Crippen LogP contribution < -0.4 is 10.1 Å². The third-order valence-electron chi connectivity index (χ3n) is 6.49. The molecule has 0 aliphatic carbocycles. The summed E-state index contributed by atoms with van der Waals surface area (Å²) in [5, 5.41) is 2.80. The summed E-state index contributed by atoms with van der Waals surface area (Å²) in [6, 6.07) is 3.16. The molecule has 0 saturated carbocycles. The summed E-state index contributed by atoms with van der Waals surface area (Å²) in [5.74, 6) is -0.0631. The van der Waals surface area contributed by atoms with Crippen molar-refractivity contribution in [3.63, 3.8) is 0 Å². The van der Waals surface area contributed by atoms with Crippen LogP contribution in [0.3, 0.4) is 0 Å². The summed E-state index contributed by atoms with van der Waals surface area (Å²) in [6.45, 7) is 5.71. The fourth-order valence-electron chi connectivity index (χ4n) is 4.71. The van der Waals surface area contributed by atoms with Gasteiger partial charge < -0.3 is 15.0 Å². The number of likely N-dealkylation sites (tertiary alicyclic amines) is 1. The molecule has 3 aliphatic rings. The van der Waals surface area contributed by atoms with Crippen LogP contribution in [0.5, 0.6) is 5.75 Å². The number of anilines is 1. The molecule has 0 aromatic heterocycles. The molecule has 0 unspecified atom stereocenters. The number of nitrogens with zero attached hydrogens (tertiary/aromatic N) is 2. The Labute approximate surface area is 184 Å². The van der Waals surface area contributed by atoms with E-state index < -0.39 is 16.1 Å². The molecule has 9 heteroatoms. The van der Waals surface area contributed by atoms with Crippen LogP contribution in [0.1, 0.15) is 51.0 Å². The first-order valence-electron chi connectivity index (χ1n) is 11.2. The normalized spacial score (nSPS) is 24.8. The second-order valence-corrected chi connectivity index (χ2v) is 10.6. The Hall–Kier alpha value is -2.13. The summed E-state index contributed by atoms with van der Waals surface area (Å²) in [4.78, 5) is 27.1. The quantitative estimate of drug-likeness (QED) is 0.762. The van der Waals surface area contributed by atoms with Gasteiger partial charge in [0.05, 0.1) is 16.5 Å². The number of ether oxygens (including phenoxy) is 1. The molecule has 0 bridgehead atoms. The summed E-state index contributed by atoms with van der Waals surface area (Å²) in [6.07, 6.45) is 4.43. The number of carbonyl (C=O) groups excluding carboxylic acids is 2. The van der Waals surface area contributed by atoms with Crippen LogP contribution in [0.2, 0.25) is 0 Å². The van der Waals surface area contributed by atoms with Crippen LogP contribution >= 0.6 is 0 Å². The minimum absolute atomic E-state index is 0.0820. The minimum Gasteiger partial charge on any atom is -0.478 e. The largest absolute Gasteiger partial charge is 0.478 e. The van der Waals surface area contributed by atoms with Gasteiger partial charge in [-0.1, -0.05) is 6.92 Å². The molecule has 2 atom stereocenters. The zero-order valence-corrected chi connectivity index (χ0v) is 19.0. The predicted molar refractivity (Wildman–Crippen MR) is 116 cm³/mol. The van der Waals surface area contributed by atoms with Crippen molar-refractivity contribution in [1.82, 2.24) is 9.21 Å². The first kappa shape index (κ1) is 22.1. The summed E-state index contributed by atoms with van der Waals surface area (Å²) in [7, 11) is -3.79. The Morgan fingerprint density at radius 1 is 1.16 bits per heavy atom. The summed E-state index contributed by atoms with van der Waals surface area (Å²) >= 11 is 0. The molecule has 170 valence electrons. The van der Waals surface area contributed by atoms with Crippen molar-refractivity contribution < 1.29 is 22.7 Å². The lowest BCUT2D eigenvalue weighted by Gasteiger charge is -2.36. The molecule has 8 nitrogen and oxygen atoms in total. The number of amides is 2. The van der Waals surface area contributed by atoms with Crippen molar-refractivity contribution in [2.24, 2.45) is 5.92 Å². The van der Waals surface area contributed by atoms with Crippen LogP contribution in [-0.4, -0.2) is 61.7 Å². The summed E-state index contributed by atoms with van der Waals surface area (Å²) in [5.41, 5.74) is 1.03. The lowest BCUT2D eigenvalue weighted by atomic mass is 9.97. The second kappa shape index (κ2) is 8.78. The van der Waals surface area contributed by atoms with Crippen molar-refractivity contribution in [2.45, 2.75) is 63.4 Å². The highest BCUT2D eigenvalue weighted by Crippen LogP contribution is 2.36. The molecule has 1 aromatic rings. The number of rotatable bonds is 4. The lowest BCUT2D eigenvalue weighted by molar-refractivity contribution is -0.137. The van der Waals surface area contributed by atoms with E-state index in [1.54, 1.807) is 13.0 Å². The fourth-order valence-corrected chi connectivity index (χ4v) is 6.45. The molecule has 2 amide bonds. The van der Waals surface area contributed by atoms with E-state index in [2.05, 4.69) is 5.32 Å². The van der Waals surface area contributed by atoms with E-state index in [0.717, 1.165) is 38.8 Å². The van der Waals surface area contributed by atoms with Gasteiger partial charge in [-0.3, -0.25) is 9.59 Å². The van der Waals surface area contributed by atoms with E-state index in [4.69, 9.17) is 4.74 Å². The minimum atomic E-state index is -3.79. The van der Waals surface area contributed by atoms with Crippen LogP contribution in [0.25, 0.3) is 0 Å². The Morgan fingerprint density at radius 2 is 1.90 bits per heavy atom. The summed E-state index contributed by atoms with van der Waals surface area (Å²) < 4.78 is 34.2. The van der Waals surface area contributed by atoms with Gasteiger partial charge in [0.2, 0.25) is 15.9 Å². The topological polar surface area (TPSA) is 96.0 Å².